The van der Waals surface area contributed by atoms with Crippen LogP contribution < -0.4 is 16.1 Å². The lowest BCUT2D eigenvalue weighted by Crippen LogP contribution is -2.42. The number of nitrogens with zero attached hydrogens (tertiary/aromatic N) is 3. The van der Waals surface area contributed by atoms with E-state index in [2.05, 4.69) is 0 Å². The zero-order valence-corrected chi connectivity index (χ0v) is 18.7. The second-order valence-electron chi connectivity index (χ2n) is 7.73. The van der Waals surface area contributed by atoms with Gasteiger partial charge < -0.3 is 4.90 Å². The predicted molar refractivity (Wildman–Crippen MR) is 126 cm³/mol. The molecule has 0 N–H and O–H groups in total. The highest BCUT2D eigenvalue weighted by atomic mass is 32.1. The van der Waals surface area contributed by atoms with Gasteiger partial charge in [0.05, 0.1) is 11.2 Å². The number of aromatic nitrogens is 2. The number of carbonyl (C=O) groups excluding carboxylic acids is 1. The molecule has 0 spiro atoms. The fourth-order valence-corrected chi connectivity index (χ4v) is 4.46. The maximum atomic E-state index is 13.5. The molecule has 0 bridgehead atoms. The first kappa shape index (κ1) is 20.8. The van der Waals surface area contributed by atoms with E-state index in [0.717, 1.165) is 22.4 Å². The van der Waals surface area contributed by atoms with Crippen molar-refractivity contribution in [1.82, 2.24) is 9.13 Å². The first-order chi connectivity index (χ1) is 14.8. The number of amides is 1. The summed E-state index contributed by atoms with van der Waals surface area (Å²) in [6, 6.07) is 15.0. The number of anilines is 1. The Morgan fingerprint density at radius 2 is 1.74 bits per heavy atom. The Morgan fingerprint density at radius 1 is 1.00 bits per heavy atom. The Labute approximate surface area is 183 Å². The molecule has 158 valence electrons. The van der Waals surface area contributed by atoms with Gasteiger partial charge in [-0.2, -0.15) is 0 Å². The molecular weight excluding hydrogens is 410 g/mol. The largest absolute Gasteiger partial charge is 0.336 e. The molecule has 2 aromatic carbocycles. The monoisotopic (exact) mass is 433 g/mol. The van der Waals surface area contributed by atoms with Crippen LogP contribution in [0.4, 0.5) is 5.69 Å². The van der Waals surface area contributed by atoms with E-state index in [4.69, 9.17) is 0 Å². The summed E-state index contributed by atoms with van der Waals surface area (Å²) in [5.41, 5.74) is 3.69. The molecule has 2 heterocycles. The first-order valence-electron chi connectivity index (χ1n) is 9.92. The van der Waals surface area contributed by atoms with Crippen molar-refractivity contribution >= 4 is 33.1 Å². The summed E-state index contributed by atoms with van der Waals surface area (Å²) in [6.07, 6.45) is 0. The van der Waals surface area contributed by atoms with Crippen LogP contribution in [0.2, 0.25) is 0 Å². The van der Waals surface area contributed by atoms with Crippen molar-refractivity contribution in [3.63, 3.8) is 0 Å². The fourth-order valence-electron chi connectivity index (χ4n) is 3.63. The summed E-state index contributed by atoms with van der Waals surface area (Å²) < 4.78 is 3.02. The van der Waals surface area contributed by atoms with E-state index in [1.807, 2.05) is 63.2 Å². The molecule has 4 aromatic rings. The molecule has 6 nitrogen and oxygen atoms in total. The lowest BCUT2D eigenvalue weighted by atomic mass is 10.1. The van der Waals surface area contributed by atoms with Gasteiger partial charge in [-0.1, -0.05) is 24.3 Å². The quantitative estimate of drug-likeness (QED) is 0.492. The summed E-state index contributed by atoms with van der Waals surface area (Å²) in [4.78, 5) is 41.3. The number of thiophene rings is 1. The van der Waals surface area contributed by atoms with Crippen LogP contribution in [0.5, 0.6) is 0 Å². The van der Waals surface area contributed by atoms with Gasteiger partial charge in [-0.05, 0) is 67.1 Å². The summed E-state index contributed by atoms with van der Waals surface area (Å²) in [7, 11) is 1.69. The molecule has 1 amide bonds. The van der Waals surface area contributed by atoms with E-state index in [-0.39, 0.29) is 18.0 Å². The minimum Gasteiger partial charge on any atom is -0.314 e. The second-order valence-corrected chi connectivity index (χ2v) is 8.64. The average Bonchev–Trinajstić information content (AvgIpc) is 3.23. The number of benzene rings is 2. The molecule has 0 unspecified atom stereocenters. The topological polar surface area (TPSA) is 64.3 Å². The number of aryl methyl sites for hydroxylation is 3. The molecule has 0 aliphatic carbocycles. The van der Waals surface area contributed by atoms with Crippen molar-refractivity contribution in [3.05, 3.63) is 91.4 Å². The van der Waals surface area contributed by atoms with Crippen molar-refractivity contribution in [2.45, 2.75) is 27.3 Å². The lowest BCUT2D eigenvalue weighted by Gasteiger charge is -2.20. The van der Waals surface area contributed by atoms with Gasteiger partial charge in [-0.3, -0.25) is 14.2 Å². The molecule has 7 heteroatoms. The predicted octanol–water partition coefficient (Wildman–Crippen LogP) is 3.80. The summed E-state index contributed by atoms with van der Waals surface area (Å²) >= 11 is 1.27. The van der Waals surface area contributed by atoms with Crippen LogP contribution in [0.3, 0.4) is 0 Å². The molecule has 0 radical (unpaired) electrons. The average molecular weight is 434 g/mol. The fraction of sp³-hybridized carbons (Fsp3) is 0.208. The third kappa shape index (κ3) is 3.72. The summed E-state index contributed by atoms with van der Waals surface area (Å²) in [5, 5.41) is 1.77. The maximum absolute atomic E-state index is 13.5. The molecule has 31 heavy (non-hydrogen) atoms. The Morgan fingerprint density at radius 3 is 2.48 bits per heavy atom. The maximum Gasteiger partial charge on any atom is 0.336 e. The standard InChI is InChI=1S/C24H23N3O3S/c1-15-6-5-7-18(12-15)25(4)21(28)14-26-19-10-11-31-22(19)23(29)27(24(26)30)20-13-16(2)8-9-17(20)3/h5-13H,14H2,1-4H3. The zero-order chi connectivity index (χ0) is 22.3. The van der Waals surface area contributed by atoms with Crippen molar-refractivity contribution in [2.24, 2.45) is 0 Å². The number of hydrogen-bond acceptors (Lipinski definition) is 4. The van der Waals surface area contributed by atoms with E-state index in [1.165, 1.54) is 25.4 Å². The van der Waals surface area contributed by atoms with Gasteiger partial charge in [0.2, 0.25) is 5.91 Å². The van der Waals surface area contributed by atoms with Gasteiger partial charge in [0.25, 0.3) is 5.56 Å². The molecule has 0 saturated carbocycles. The number of fused-ring (bicyclic) bond motifs is 1. The summed E-state index contributed by atoms with van der Waals surface area (Å²) in [5.74, 6) is -0.244. The number of rotatable bonds is 4. The van der Waals surface area contributed by atoms with Crippen LogP contribution >= 0.6 is 11.3 Å². The van der Waals surface area contributed by atoms with Crippen LogP contribution in [-0.2, 0) is 11.3 Å². The normalized spacial score (nSPS) is 11.1. The van der Waals surface area contributed by atoms with Crippen LogP contribution in [0.25, 0.3) is 15.9 Å². The minimum atomic E-state index is -0.518. The number of likely N-dealkylation sites (N-methyl/N-ethyl adjacent to an activating group) is 1. The Bertz CT molecular complexity index is 1430. The lowest BCUT2D eigenvalue weighted by molar-refractivity contribution is -0.118. The second kappa shape index (κ2) is 8.00. The van der Waals surface area contributed by atoms with Crippen LogP contribution in [0.1, 0.15) is 16.7 Å². The molecule has 0 fully saturated rings. The SMILES string of the molecule is Cc1cccc(N(C)C(=O)Cn2c(=O)n(-c3cc(C)ccc3C)c(=O)c3sccc32)c1. The van der Waals surface area contributed by atoms with E-state index >= 15 is 0 Å². The van der Waals surface area contributed by atoms with Crippen molar-refractivity contribution in [3.8, 4) is 5.69 Å². The highest BCUT2D eigenvalue weighted by Gasteiger charge is 2.20. The van der Waals surface area contributed by atoms with Gasteiger partial charge in [-0.25, -0.2) is 9.36 Å². The van der Waals surface area contributed by atoms with Gasteiger partial charge >= 0.3 is 5.69 Å². The van der Waals surface area contributed by atoms with E-state index in [0.29, 0.717) is 15.9 Å². The Balaban J connectivity index is 1.86. The first-order valence-corrected chi connectivity index (χ1v) is 10.8. The molecule has 0 aliphatic rings. The summed E-state index contributed by atoms with van der Waals surface area (Å²) in [6.45, 7) is 5.57. The van der Waals surface area contributed by atoms with E-state index < -0.39 is 5.69 Å². The van der Waals surface area contributed by atoms with Crippen molar-refractivity contribution in [1.29, 1.82) is 0 Å². The van der Waals surface area contributed by atoms with Crippen LogP contribution in [-0.4, -0.2) is 22.1 Å². The number of hydrogen-bond donors (Lipinski definition) is 0. The van der Waals surface area contributed by atoms with Gasteiger partial charge in [-0.15, -0.1) is 11.3 Å². The van der Waals surface area contributed by atoms with Crippen LogP contribution in [0.15, 0.2) is 63.5 Å². The zero-order valence-electron chi connectivity index (χ0n) is 17.9. The van der Waals surface area contributed by atoms with E-state index in [1.54, 1.807) is 18.5 Å². The molecular formula is C24H23N3O3S. The van der Waals surface area contributed by atoms with Crippen molar-refractivity contribution < 1.29 is 4.79 Å². The van der Waals surface area contributed by atoms with Gasteiger partial charge in [0.15, 0.2) is 0 Å². The Kier molecular flexibility index (Phi) is 5.37. The molecule has 0 aliphatic heterocycles. The molecule has 2 aromatic heterocycles. The van der Waals surface area contributed by atoms with Crippen LogP contribution in [0, 0.1) is 20.8 Å². The molecule has 0 saturated heterocycles. The Hall–Kier alpha value is -3.45. The third-order valence-corrected chi connectivity index (χ3v) is 6.31. The van der Waals surface area contributed by atoms with E-state index in [9.17, 15) is 14.4 Å². The highest BCUT2D eigenvalue weighted by Crippen LogP contribution is 2.20. The number of carbonyl (C=O) groups is 1. The smallest absolute Gasteiger partial charge is 0.314 e. The van der Waals surface area contributed by atoms with Crippen molar-refractivity contribution in [2.75, 3.05) is 11.9 Å². The minimum absolute atomic E-state index is 0.165. The molecule has 0 atom stereocenters. The molecule has 4 rings (SSSR count). The van der Waals surface area contributed by atoms with Gasteiger partial charge in [0, 0.05) is 12.7 Å². The van der Waals surface area contributed by atoms with Gasteiger partial charge in [0.1, 0.15) is 11.2 Å². The highest BCUT2D eigenvalue weighted by molar-refractivity contribution is 7.17. The third-order valence-electron chi connectivity index (χ3n) is 5.42.